The van der Waals surface area contributed by atoms with Gasteiger partial charge in [0.15, 0.2) is 5.13 Å². The number of hydrogen-bond acceptors (Lipinski definition) is 6. The van der Waals surface area contributed by atoms with E-state index in [2.05, 4.69) is 34.4 Å². The van der Waals surface area contributed by atoms with E-state index in [4.69, 9.17) is 9.72 Å². The number of amides is 1. The second-order valence-corrected chi connectivity index (χ2v) is 9.67. The van der Waals surface area contributed by atoms with Crippen LogP contribution in [0.3, 0.4) is 0 Å². The van der Waals surface area contributed by atoms with Gasteiger partial charge in [0, 0.05) is 37.3 Å². The van der Waals surface area contributed by atoms with E-state index in [9.17, 15) is 4.79 Å². The average molecular weight is 487 g/mol. The molecule has 1 amide bonds. The molecule has 0 radical (unpaired) electrons. The summed E-state index contributed by atoms with van der Waals surface area (Å²) in [5.41, 5.74) is 4.75. The quantitative estimate of drug-likeness (QED) is 0.328. The molecular weight excluding hydrogens is 456 g/mol. The lowest BCUT2D eigenvalue weighted by atomic mass is 10.1. The number of nitrogens with zero attached hydrogens (tertiary/aromatic N) is 3. The van der Waals surface area contributed by atoms with Crippen LogP contribution in [0.1, 0.15) is 35.7 Å². The van der Waals surface area contributed by atoms with Crippen LogP contribution in [0.15, 0.2) is 66.7 Å². The zero-order valence-corrected chi connectivity index (χ0v) is 21.0. The van der Waals surface area contributed by atoms with Crippen molar-refractivity contribution in [3.05, 3.63) is 77.9 Å². The van der Waals surface area contributed by atoms with Crippen molar-refractivity contribution in [1.82, 2.24) is 15.0 Å². The number of aromatic nitrogens is 1. The Morgan fingerprint density at radius 3 is 2.49 bits per heavy atom. The summed E-state index contributed by atoms with van der Waals surface area (Å²) in [6.07, 6.45) is 2.53. The molecule has 0 saturated carbocycles. The molecule has 1 N–H and O–H groups in total. The summed E-state index contributed by atoms with van der Waals surface area (Å²) in [7, 11) is 1.64. The van der Waals surface area contributed by atoms with E-state index in [1.165, 1.54) is 29.7 Å². The van der Waals surface area contributed by atoms with Crippen LogP contribution < -0.4 is 10.1 Å². The molecule has 1 aliphatic rings. The third-order valence-corrected chi connectivity index (χ3v) is 7.46. The Morgan fingerprint density at radius 2 is 1.80 bits per heavy atom. The summed E-state index contributed by atoms with van der Waals surface area (Å²) in [6, 6.07) is 22.0. The first-order valence-corrected chi connectivity index (χ1v) is 12.9. The maximum Gasteiger partial charge on any atom is 0.257 e. The summed E-state index contributed by atoms with van der Waals surface area (Å²) < 4.78 is 6.52. The van der Waals surface area contributed by atoms with Crippen molar-refractivity contribution >= 4 is 32.6 Å². The third kappa shape index (κ3) is 5.07. The third-order valence-electron chi connectivity index (χ3n) is 6.46. The first-order valence-electron chi connectivity index (χ1n) is 12.1. The largest absolute Gasteiger partial charge is 0.494 e. The van der Waals surface area contributed by atoms with Crippen molar-refractivity contribution in [2.24, 2.45) is 0 Å². The van der Waals surface area contributed by atoms with Crippen molar-refractivity contribution in [2.75, 3.05) is 32.1 Å². The molecule has 1 saturated heterocycles. The van der Waals surface area contributed by atoms with Crippen LogP contribution in [0.5, 0.6) is 5.75 Å². The number of rotatable bonds is 8. The highest BCUT2D eigenvalue weighted by Gasteiger charge is 2.19. The number of hydrogen-bond donors (Lipinski definition) is 1. The predicted molar refractivity (Wildman–Crippen MR) is 143 cm³/mol. The lowest BCUT2D eigenvalue weighted by molar-refractivity contribution is -0.00643. The Hall–Kier alpha value is -3.26. The van der Waals surface area contributed by atoms with E-state index >= 15 is 0 Å². The number of nitrogens with one attached hydrogen (secondary N) is 1. The number of carbonyl (C=O) groups is 1. The Bertz CT molecular complexity index is 1300. The molecule has 5 rings (SSSR count). The van der Waals surface area contributed by atoms with Gasteiger partial charge in [-0.25, -0.2) is 15.0 Å². The van der Waals surface area contributed by atoms with Crippen LogP contribution in [-0.2, 0) is 6.54 Å². The standard InChI is InChI=1S/C28H30N4O2S/c1-3-31(32-17-7-8-18-32)19-20-11-13-22(14-12-20)27(33)30-28-29-25-24(34-2)16-15-23(26(25)35-28)21-9-5-4-6-10-21/h4-6,9-16H,3,7-8,17-19H2,1-2H3,(H,29,30,33). The zero-order valence-electron chi connectivity index (χ0n) is 20.2. The molecular formula is C28H30N4O2S. The number of carbonyl (C=O) groups excluding carboxylic acids is 1. The Balaban J connectivity index is 1.34. The highest BCUT2D eigenvalue weighted by Crippen LogP contribution is 2.39. The Morgan fingerprint density at radius 1 is 1.06 bits per heavy atom. The smallest absolute Gasteiger partial charge is 0.257 e. The van der Waals surface area contributed by atoms with Gasteiger partial charge in [-0.3, -0.25) is 10.1 Å². The molecule has 1 fully saturated rings. The molecule has 0 aliphatic carbocycles. The molecule has 0 unspecified atom stereocenters. The van der Waals surface area contributed by atoms with Gasteiger partial charge < -0.3 is 4.74 Å². The fraction of sp³-hybridized carbons (Fsp3) is 0.286. The predicted octanol–water partition coefficient (Wildman–Crippen LogP) is 6.06. The summed E-state index contributed by atoms with van der Waals surface area (Å²) in [4.78, 5) is 17.7. The molecule has 180 valence electrons. The van der Waals surface area contributed by atoms with Gasteiger partial charge in [-0.1, -0.05) is 60.7 Å². The van der Waals surface area contributed by atoms with E-state index in [1.54, 1.807) is 7.11 Å². The topological polar surface area (TPSA) is 57.7 Å². The Labute approximate surface area is 210 Å². The van der Waals surface area contributed by atoms with Crippen LogP contribution in [0.25, 0.3) is 21.3 Å². The van der Waals surface area contributed by atoms with Crippen LogP contribution in [0.2, 0.25) is 0 Å². The van der Waals surface area contributed by atoms with Gasteiger partial charge >= 0.3 is 0 Å². The number of thiazole rings is 1. The average Bonchev–Trinajstić information content (AvgIpc) is 3.58. The van der Waals surface area contributed by atoms with Crippen molar-refractivity contribution in [1.29, 1.82) is 0 Å². The fourth-order valence-electron chi connectivity index (χ4n) is 4.58. The van der Waals surface area contributed by atoms with Crippen LogP contribution in [0.4, 0.5) is 5.13 Å². The number of methoxy groups -OCH3 is 1. The van der Waals surface area contributed by atoms with Crippen molar-refractivity contribution in [3.8, 4) is 16.9 Å². The number of anilines is 1. The van der Waals surface area contributed by atoms with E-state index < -0.39 is 0 Å². The first kappa shape index (κ1) is 23.5. The van der Waals surface area contributed by atoms with E-state index in [-0.39, 0.29) is 5.91 Å². The summed E-state index contributed by atoms with van der Waals surface area (Å²) in [6.45, 7) is 6.30. The van der Waals surface area contributed by atoms with Crippen LogP contribution in [0, 0.1) is 0 Å². The second-order valence-electron chi connectivity index (χ2n) is 8.67. The minimum absolute atomic E-state index is 0.164. The van der Waals surface area contributed by atoms with Gasteiger partial charge in [0.25, 0.3) is 5.91 Å². The summed E-state index contributed by atoms with van der Waals surface area (Å²) >= 11 is 1.46. The molecule has 7 heteroatoms. The van der Waals surface area contributed by atoms with Gasteiger partial charge in [-0.2, -0.15) is 0 Å². The van der Waals surface area contributed by atoms with Crippen molar-refractivity contribution in [3.63, 3.8) is 0 Å². The molecule has 0 atom stereocenters. The monoisotopic (exact) mass is 486 g/mol. The lowest BCUT2D eigenvalue weighted by Gasteiger charge is -2.30. The molecule has 6 nitrogen and oxygen atoms in total. The molecule has 0 bridgehead atoms. The molecule has 35 heavy (non-hydrogen) atoms. The fourth-order valence-corrected chi connectivity index (χ4v) is 5.60. The molecule has 1 aromatic heterocycles. The minimum atomic E-state index is -0.164. The van der Waals surface area contributed by atoms with E-state index in [1.807, 2.05) is 54.6 Å². The summed E-state index contributed by atoms with van der Waals surface area (Å²) in [5, 5.41) is 8.37. The number of fused-ring (bicyclic) bond motifs is 1. The van der Waals surface area contributed by atoms with Gasteiger partial charge in [0.2, 0.25) is 0 Å². The zero-order chi connectivity index (χ0) is 24.2. The summed E-state index contributed by atoms with van der Waals surface area (Å²) in [5.74, 6) is 0.530. The van der Waals surface area contributed by atoms with Crippen LogP contribution >= 0.6 is 11.3 Å². The van der Waals surface area contributed by atoms with Gasteiger partial charge in [0.05, 0.1) is 11.8 Å². The van der Waals surface area contributed by atoms with Gasteiger partial charge in [0.1, 0.15) is 11.3 Å². The number of ether oxygens (including phenoxy) is 1. The SMILES string of the molecule is CCN(Cc1ccc(C(=O)Nc2nc3c(OC)ccc(-c4ccccc4)c3s2)cc1)N1CCCC1. The maximum atomic E-state index is 13.0. The normalized spacial score (nSPS) is 14.0. The molecule has 2 heterocycles. The van der Waals surface area contributed by atoms with Crippen LogP contribution in [-0.4, -0.2) is 47.7 Å². The number of hydrazine groups is 1. The van der Waals surface area contributed by atoms with Gasteiger partial charge in [-0.15, -0.1) is 0 Å². The highest BCUT2D eigenvalue weighted by molar-refractivity contribution is 7.23. The second kappa shape index (κ2) is 10.6. The molecule has 0 spiro atoms. The molecule has 3 aromatic carbocycles. The van der Waals surface area contributed by atoms with E-state index in [0.29, 0.717) is 16.4 Å². The molecule has 4 aromatic rings. The molecule has 1 aliphatic heterocycles. The van der Waals surface area contributed by atoms with E-state index in [0.717, 1.165) is 47.5 Å². The minimum Gasteiger partial charge on any atom is -0.494 e. The first-order chi connectivity index (χ1) is 17.2. The van der Waals surface area contributed by atoms with Crippen molar-refractivity contribution in [2.45, 2.75) is 26.3 Å². The van der Waals surface area contributed by atoms with Gasteiger partial charge in [-0.05, 0) is 48.2 Å². The maximum absolute atomic E-state index is 13.0. The van der Waals surface area contributed by atoms with Crippen molar-refractivity contribution < 1.29 is 9.53 Å². The number of benzene rings is 3. The highest BCUT2D eigenvalue weighted by atomic mass is 32.1. The Kier molecular flexibility index (Phi) is 7.08. The lowest BCUT2D eigenvalue weighted by Crippen LogP contribution is -2.39.